The first-order valence-corrected chi connectivity index (χ1v) is 5.68. The molecule has 2 heteroatoms. The van der Waals surface area contributed by atoms with Gasteiger partial charge in [-0.15, -0.1) is 0 Å². The quantitative estimate of drug-likeness (QED) is 0.774. The standard InChI is InChI=1S/C15H15NO/c1-11-9-14(7-8-15(11)17-2)13-5-3-12(10-16)4-6-13/h3-9,11,15H,1-2H3. The molecular formula is C15H15NO. The Morgan fingerprint density at radius 1 is 1.24 bits per heavy atom. The van der Waals surface area contributed by atoms with E-state index >= 15 is 0 Å². The number of rotatable bonds is 2. The highest BCUT2D eigenvalue weighted by Crippen LogP contribution is 2.26. The average molecular weight is 225 g/mol. The van der Waals surface area contributed by atoms with Crippen molar-refractivity contribution < 1.29 is 4.74 Å². The normalized spacial score (nSPS) is 23.0. The number of nitriles is 1. The molecule has 1 aromatic carbocycles. The first kappa shape index (κ1) is 11.6. The molecule has 0 fully saturated rings. The van der Waals surface area contributed by atoms with Crippen LogP contribution >= 0.6 is 0 Å². The lowest BCUT2D eigenvalue weighted by Crippen LogP contribution is -2.18. The molecule has 2 unspecified atom stereocenters. The minimum absolute atomic E-state index is 0.164. The Labute approximate surface area is 102 Å². The molecule has 0 spiro atoms. The second-order valence-electron chi connectivity index (χ2n) is 4.23. The summed E-state index contributed by atoms with van der Waals surface area (Å²) in [5.41, 5.74) is 3.02. The molecule has 0 bridgehead atoms. The minimum atomic E-state index is 0.164. The zero-order chi connectivity index (χ0) is 12.3. The number of methoxy groups -OCH3 is 1. The summed E-state index contributed by atoms with van der Waals surface area (Å²) < 4.78 is 5.35. The van der Waals surface area contributed by atoms with E-state index in [1.165, 1.54) is 5.57 Å². The van der Waals surface area contributed by atoms with Crippen molar-refractivity contribution in [3.05, 3.63) is 53.6 Å². The van der Waals surface area contributed by atoms with Crippen LogP contribution in [-0.4, -0.2) is 13.2 Å². The highest BCUT2D eigenvalue weighted by molar-refractivity contribution is 5.75. The van der Waals surface area contributed by atoms with Gasteiger partial charge in [0.2, 0.25) is 0 Å². The molecule has 0 N–H and O–H groups in total. The highest BCUT2D eigenvalue weighted by Gasteiger charge is 2.16. The van der Waals surface area contributed by atoms with Crippen molar-refractivity contribution in [1.82, 2.24) is 0 Å². The van der Waals surface area contributed by atoms with Crippen LogP contribution in [-0.2, 0) is 4.74 Å². The molecule has 0 aliphatic heterocycles. The summed E-state index contributed by atoms with van der Waals surface area (Å²) in [6, 6.07) is 9.77. The van der Waals surface area contributed by atoms with Crippen LogP contribution in [0.1, 0.15) is 18.1 Å². The molecule has 1 aromatic rings. The van der Waals surface area contributed by atoms with E-state index in [4.69, 9.17) is 10.00 Å². The number of hydrogen-bond donors (Lipinski definition) is 0. The number of allylic oxidation sites excluding steroid dienone is 2. The third kappa shape index (κ3) is 2.46. The zero-order valence-electron chi connectivity index (χ0n) is 10.1. The minimum Gasteiger partial charge on any atom is -0.377 e. The summed E-state index contributed by atoms with van der Waals surface area (Å²) in [5.74, 6) is 0.371. The lowest BCUT2D eigenvalue weighted by molar-refractivity contribution is 0.112. The van der Waals surface area contributed by atoms with Crippen molar-refractivity contribution in [2.45, 2.75) is 13.0 Å². The lowest BCUT2D eigenvalue weighted by atomic mass is 9.91. The van der Waals surface area contributed by atoms with Gasteiger partial charge in [-0.1, -0.05) is 37.3 Å². The van der Waals surface area contributed by atoms with Gasteiger partial charge in [0, 0.05) is 13.0 Å². The van der Waals surface area contributed by atoms with E-state index in [1.54, 1.807) is 7.11 Å². The van der Waals surface area contributed by atoms with Crippen molar-refractivity contribution in [3.8, 4) is 6.07 Å². The zero-order valence-corrected chi connectivity index (χ0v) is 10.1. The van der Waals surface area contributed by atoms with Crippen molar-refractivity contribution in [2.24, 2.45) is 5.92 Å². The fourth-order valence-corrected chi connectivity index (χ4v) is 2.03. The fourth-order valence-electron chi connectivity index (χ4n) is 2.03. The SMILES string of the molecule is COC1C=CC(c2ccc(C#N)cc2)=CC1C. The van der Waals surface area contributed by atoms with Crippen LogP contribution in [0, 0.1) is 17.2 Å². The summed E-state index contributed by atoms with van der Waals surface area (Å²) >= 11 is 0. The van der Waals surface area contributed by atoms with Crippen LogP contribution in [0.15, 0.2) is 42.5 Å². The van der Waals surface area contributed by atoms with Crippen molar-refractivity contribution in [1.29, 1.82) is 5.26 Å². The number of benzene rings is 1. The molecule has 2 atom stereocenters. The summed E-state index contributed by atoms with van der Waals surface area (Å²) in [5, 5.41) is 8.75. The van der Waals surface area contributed by atoms with Gasteiger partial charge in [0.1, 0.15) is 0 Å². The Kier molecular flexibility index (Phi) is 3.41. The Hall–Kier alpha value is -1.85. The Bertz CT molecular complexity index is 491. The molecule has 0 saturated carbocycles. The Morgan fingerprint density at radius 2 is 1.94 bits per heavy atom. The van der Waals surface area contributed by atoms with Crippen molar-refractivity contribution in [2.75, 3.05) is 7.11 Å². The molecule has 17 heavy (non-hydrogen) atoms. The molecule has 0 aromatic heterocycles. The Balaban J connectivity index is 2.24. The van der Waals surface area contributed by atoms with Crippen LogP contribution in [0.5, 0.6) is 0 Å². The summed E-state index contributed by atoms with van der Waals surface area (Å²) in [7, 11) is 1.73. The topological polar surface area (TPSA) is 33.0 Å². The summed E-state index contributed by atoms with van der Waals surface area (Å²) in [6.45, 7) is 2.14. The van der Waals surface area contributed by atoms with Gasteiger partial charge in [0.15, 0.2) is 0 Å². The van der Waals surface area contributed by atoms with E-state index in [2.05, 4.69) is 31.2 Å². The maximum absolute atomic E-state index is 8.75. The molecule has 1 aliphatic carbocycles. The van der Waals surface area contributed by atoms with E-state index < -0.39 is 0 Å². The first-order valence-electron chi connectivity index (χ1n) is 5.68. The number of hydrogen-bond acceptors (Lipinski definition) is 2. The van der Waals surface area contributed by atoms with E-state index in [0.717, 1.165) is 5.56 Å². The van der Waals surface area contributed by atoms with Gasteiger partial charge in [-0.05, 0) is 23.3 Å². The molecular weight excluding hydrogens is 210 g/mol. The predicted octanol–water partition coefficient (Wildman–Crippen LogP) is 3.16. The maximum atomic E-state index is 8.75. The third-order valence-electron chi connectivity index (χ3n) is 3.05. The van der Waals surface area contributed by atoms with Crippen LogP contribution in [0.25, 0.3) is 5.57 Å². The van der Waals surface area contributed by atoms with Gasteiger partial charge in [0.25, 0.3) is 0 Å². The summed E-state index contributed by atoms with van der Waals surface area (Å²) in [6.07, 6.45) is 6.53. The second kappa shape index (κ2) is 4.99. The van der Waals surface area contributed by atoms with E-state index in [0.29, 0.717) is 11.5 Å². The molecule has 86 valence electrons. The van der Waals surface area contributed by atoms with E-state index in [-0.39, 0.29) is 6.10 Å². The van der Waals surface area contributed by atoms with Crippen LogP contribution in [0.4, 0.5) is 0 Å². The van der Waals surface area contributed by atoms with Crippen LogP contribution in [0.3, 0.4) is 0 Å². The number of nitrogens with zero attached hydrogens (tertiary/aromatic N) is 1. The van der Waals surface area contributed by atoms with Crippen molar-refractivity contribution >= 4 is 5.57 Å². The third-order valence-corrected chi connectivity index (χ3v) is 3.05. The average Bonchev–Trinajstić information content (AvgIpc) is 2.39. The smallest absolute Gasteiger partial charge is 0.0991 e. The highest BCUT2D eigenvalue weighted by atomic mass is 16.5. The molecule has 1 aliphatic rings. The molecule has 2 nitrogen and oxygen atoms in total. The van der Waals surface area contributed by atoms with Gasteiger partial charge in [-0.3, -0.25) is 0 Å². The molecule has 2 rings (SSSR count). The monoisotopic (exact) mass is 225 g/mol. The van der Waals surface area contributed by atoms with E-state index in [9.17, 15) is 0 Å². The van der Waals surface area contributed by atoms with Gasteiger partial charge >= 0.3 is 0 Å². The number of ether oxygens (including phenoxy) is 1. The second-order valence-corrected chi connectivity index (χ2v) is 4.23. The predicted molar refractivity (Wildman–Crippen MR) is 68.2 cm³/mol. The van der Waals surface area contributed by atoms with Crippen LogP contribution < -0.4 is 0 Å². The van der Waals surface area contributed by atoms with Gasteiger partial charge in [-0.25, -0.2) is 0 Å². The van der Waals surface area contributed by atoms with Crippen LogP contribution in [0.2, 0.25) is 0 Å². The van der Waals surface area contributed by atoms with Gasteiger partial charge in [0.05, 0.1) is 17.7 Å². The maximum Gasteiger partial charge on any atom is 0.0991 e. The summed E-state index contributed by atoms with van der Waals surface area (Å²) in [4.78, 5) is 0. The van der Waals surface area contributed by atoms with E-state index in [1.807, 2.05) is 24.3 Å². The fraction of sp³-hybridized carbons (Fsp3) is 0.267. The van der Waals surface area contributed by atoms with Crippen molar-refractivity contribution in [3.63, 3.8) is 0 Å². The molecule has 0 amide bonds. The molecule has 0 saturated heterocycles. The molecule has 0 heterocycles. The van der Waals surface area contributed by atoms with Gasteiger partial charge < -0.3 is 4.74 Å². The lowest BCUT2D eigenvalue weighted by Gasteiger charge is -2.21. The largest absolute Gasteiger partial charge is 0.377 e. The van der Waals surface area contributed by atoms with Gasteiger partial charge in [-0.2, -0.15) is 5.26 Å². The molecule has 0 radical (unpaired) electrons. The first-order chi connectivity index (χ1) is 8.24. The Morgan fingerprint density at radius 3 is 2.47 bits per heavy atom.